The van der Waals surface area contributed by atoms with E-state index in [4.69, 9.17) is 4.42 Å². The molecule has 0 aliphatic carbocycles. The quantitative estimate of drug-likeness (QED) is 0.722. The first-order chi connectivity index (χ1) is 5.72. The van der Waals surface area contributed by atoms with Crippen LogP contribution in [0.15, 0.2) is 10.7 Å². The summed E-state index contributed by atoms with van der Waals surface area (Å²) in [7, 11) is 0. The van der Waals surface area contributed by atoms with Gasteiger partial charge >= 0.3 is 0 Å². The van der Waals surface area contributed by atoms with Gasteiger partial charge in [0.15, 0.2) is 11.0 Å². The minimum absolute atomic E-state index is 0.107. The van der Waals surface area contributed by atoms with Crippen molar-refractivity contribution >= 4 is 16.9 Å². The molecule has 0 fully saturated rings. The molecule has 0 aliphatic heterocycles. The predicted molar refractivity (Wildman–Crippen MR) is 47.9 cm³/mol. The van der Waals surface area contributed by atoms with Crippen molar-refractivity contribution in [3.05, 3.63) is 17.8 Å². The van der Waals surface area contributed by atoms with E-state index < -0.39 is 0 Å². The first-order valence-corrected chi connectivity index (χ1v) is 4.77. The molecule has 1 rings (SSSR count). The number of thioether (sulfide) groups is 1. The van der Waals surface area contributed by atoms with Crippen LogP contribution in [0.3, 0.4) is 0 Å². The van der Waals surface area contributed by atoms with Crippen molar-refractivity contribution in [3.63, 3.8) is 0 Å². The Balaban J connectivity index is 2.47. The standard InChI is InChI=1S/C8H11NO2S/c1-3-8-9-7(4-11-8)5-12-6(2)10/h4H,3,5H2,1-2H3. The third-order valence-electron chi connectivity index (χ3n) is 1.33. The van der Waals surface area contributed by atoms with Gasteiger partial charge in [-0.05, 0) is 0 Å². The van der Waals surface area contributed by atoms with Gasteiger partial charge in [-0.25, -0.2) is 4.98 Å². The van der Waals surface area contributed by atoms with Crippen LogP contribution >= 0.6 is 11.8 Å². The van der Waals surface area contributed by atoms with E-state index in [0.717, 1.165) is 18.0 Å². The summed E-state index contributed by atoms with van der Waals surface area (Å²) < 4.78 is 5.11. The average molecular weight is 185 g/mol. The topological polar surface area (TPSA) is 43.1 Å². The van der Waals surface area contributed by atoms with E-state index in [0.29, 0.717) is 5.75 Å². The summed E-state index contributed by atoms with van der Waals surface area (Å²) in [6.45, 7) is 3.53. The van der Waals surface area contributed by atoms with Crippen molar-refractivity contribution in [2.45, 2.75) is 26.0 Å². The number of hydrogen-bond acceptors (Lipinski definition) is 4. The maximum absolute atomic E-state index is 10.6. The van der Waals surface area contributed by atoms with Gasteiger partial charge < -0.3 is 4.42 Å². The van der Waals surface area contributed by atoms with E-state index in [9.17, 15) is 4.79 Å². The van der Waals surface area contributed by atoms with E-state index in [1.165, 1.54) is 11.8 Å². The second kappa shape index (κ2) is 4.30. The summed E-state index contributed by atoms with van der Waals surface area (Å²) in [5.41, 5.74) is 0.840. The number of carbonyl (C=O) groups is 1. The first kappa shape index (κ1) is 9.32. The molecule has 0 saturated heterocycles. The van der Waals surface area contributed by atoms with Crippen molar-refractivity contribution in [1.29, 1.82) is 0 Å². The Labute approximate surface area is 75.6 Å². The molecule has 66 valence electrons. The van der Waals surface area contributed by atoms with Crippen molar-refractivity contribution in [1.82, 2.24) is 4.98 Å². The van der Waals surface area contributed by atoms with Crippen LogP contribution in [-0.2, 0) is 17.0 Å². The van der Waals surface area contributed by atoms with Crippen LogP contribution in [0.25, 0.3) is 0 Å². The number of aromatic nitrogens is 1. The molecule has 0 saturated carbocycles. The summed E-state index contributed by atoms with van der Waals surface area (Å²) >= 11 is 1.25. The number of rotatable bonds is 3. The molecule has 4 heteroatoms. The van der Waals surface area contributed by atoms with Crippen LogP contribution < -0.4 is 0 Å². The highest BCUT2D eigenvalue weighted by Crippen LogP contribution is 2.12. The largest absolute Gasteiger partial charge is 0.449 e. The molecule has 0 spiro atoms. The van der Waals surface area contributed by atoms with Crippen LogP contribution in [0, 0.1) is 0 Å². The molecule has 0 aromatic carbocycles. The number of oxazole rings is 1. The Morgan fingerprint density at radius 3 is 3.00 bits per heavy atom. The monoisotopic (exact) mass is 185 g/mol. The van der Waals surface area contributed by atoms with E-state index >= 15 is 0 Å². The molecular weight excluding hydrogens is 174 g/mol. The molecule has 3 nitrogen and oxygen atoms in total. The minimum Gasteiger partial charge on any atom is -0.449 e. The lowest BCUT2D eigenvalue weighted by Crippen LogP contribution is -1.86. The fraction of sp³-hybridized carbons (Fsp3) is 0.500. The van der Waals surface area contributed by atoms with Gasteiger partial charge in [0.05, 0.1) is 5.69 Å². The highest BCUT2D eigenvalue weighted by molar-refractivity contribution is 8.12. The smallest absolute Gasteiger partial charge is 0.193 e. The molecule has 0 amide bonds. The van der Waals surface area contributed by atoms with Crippen molar-refractivity contribution in [2.24, 2.45) is 0 Å². The van der Waals surface area contributed by atoms with Crippen LogP contribution in [0.4, 0.5) is 0 Å². The van der Waals surface area contributed by atoms with Crippen LogP contribution in [0.1, 0.15) is 25.4 Å². The van der Waals surface area contributed by atoms with Gasteiger partial charge in [-0.1, -0.05) is 18.7 Å². The number of hydrogen-bond donors (Lipinski definition) is 0. The number of aryl methyl sites for hydroxylation is 1. The third kappa shape index (κ3) is 2.70. The zero-order valence-corrected chi connectivity index (χ0v) is 7.98. The fourth-order valence-corrected chi connectivity index (χ4v) is 1.24. The molecule has 0 bridgehead atoms. The van der Waals surface area contributed by atoms with Gasteiger partial charge in [0, 0.05) is 19.1 Å². The Morgan fingerprint density at radius 2 is 2.50 bits per heavy atom. The summed E-state index contributed by atoms with van der Waals surface area (Å²) in [5, 5.41) is 0.107. The highest BCUT2D eigenvalue weighted by atomic mass is 32.2. The summed E-state index contributed by atoms with van der Waals surface area (Å²) in [4.78, 5) is 14.8. The van der Waals surface area contributed by atoms with Crippen LogP contribution in [0.5, 0.6) is 0 Å². The molecule has 0 radical (unpaired) electrons. The maximum Gasteiger partial charge on any atom is 0.193 e. The van der Waals surface area contributed by atoms with E-state index in [2.05, 4.69) is 4.98 Å². The molecule has 12 heavy (non-hydrogen) atoms. The lowest BCUT2D eigenvalue weighted by Gasteiger charge is -1.89. The Morgan fingerprint density at radius 1 is 1.75 bits per heavy atom. The van der Waals surface area contributed by atoms with E-state index in [-0.39, 0.29) is 5.12 Å². The maximum atomic E-state index is 10.6. The third-order valence-corrected chi connectivity index (χ3v) is 2.17. The Bertz CT molecular complexity index is 270. The molecule has 0 unspecified atom stereocenters. The SMILES string of the molecule is CCc1nc(CSC(C)=O)co1. The Hall–Kier alpha value is -0.770. The lowest BCUT2D eigenvalue weighted by molar-refractivity contribution is -0.109. The minimum atomic E-state index is 0.107. The predicted octanol–water partition coefficient (Wildman–Crippen LogP) is 2.02. The van der Waals surface area contributed by atoms with Gasteiger partial charge in [-0.2, -0.15) is 0 Å². The lowest BCUT2D eigenvalue weighted by atomic mass is 10.5. The molecule has 1 heterocycles. The summed E-state index contributed by atoms with van der Waals surface area (Å²) in [6.07, 6.45) is 2.40. The van der Waals surface area contributed by atoms with Crippen molar-refractivity contribution < 1.29 is 9.21 Å². The molecular formula is C8H11NO2S. The second-order valence-electron chi connectivity index (χ2n) is 2.37. The summed E-state index contributed by atoms with van der Waals surface area (Å²) in [6, 6.07) is 0. The van der Waals surface area contributed by atoms with Crippen molar-refractivity contribution in [3.8, 4) is 0 Å². The van der Waals surface area contributed by atoms with Gasteiger partial charge in [0.1, 0.15) is 6.26 Å². The fourth-order valence-electron chi connectivity index (χ4n) is 0.753. The molecule has 0 N–H and O–H groups in total. The zero-order valence-electron chi connectivity index (χ0n) is 7.16. The highest BCUT2D eigenvalue weighted by Gasteiger charge is 2.02. The van der Waals surface area contributed by atoms with Crippen LogP contribution in [-0.4, -0.2) is 10.1 Å². The zero-order chi connectivity index (χ0) is 8.97. The summed E-state index contributed by atoms with van der Waals surface area (Å²) in [5.74, 6) is 1.34. The first-order valence-electron chi connectivity index (χ1n) is 3.79. The normalized spacial score (nSPS) is 10.2. The average Bonchev–Trinajstić information content (AvgIpc) is 2.48. The van der Waals surface area contributed by atoms with Crippen molar-refractivity contribution in [2.75, 3.05) is 0 Å². The molecule has 1 aromatic rings. The second-order valence-corrected chi connectivity index (χ2v) is 3.52. The van der Waals surface area contributed by atoms with Gasteiger partial charge in [-0.3, -0.25) is 4.79 Å². The van der Waals surface area contributed by atoms with Gasteiger partial charge in [0.2, 0.25) is 0 Å². The number of carbonyl (C=O) groups excluding carboxylic acids is 1. The Kier molecular flexibility index (Phi) is 3.34. The molecule has 0 atom stereocenters. The van der Waals surface area contributed by atoms with Gasteiger partial charge in [0.25, 0.3) is 0 Å². The molecule has 0 aliphatic rings. The van der Waals surface area contributed by atoms with Gasteiger partial charge in [-0.15, -0.1) is 0 Å². The van der Waals surface area contributed by atoms with E-state index in [1.807, 2.05) is 6.92 Å². The van der Waals surface area contributed by atoms with Crippen LogP contribution in [0.2, 0.25) is 0 Å². The number of nitrogens with zero attached hydrogens (tertiary/aromatic N) is 1. The van der Waals surface area contributed by atoms with E-state index in [1.54, 1.807) is 13.2 Å². The molecule has 1 aromatic heterocycles.